The smallest absolute Gasteiger partial charge is 0.346 e. The minimum atomic E-state index is -0.446. The number of unbranched alkanes of at least 4 members (excludes halogenated alkanes) is 1. The molecule has 0 aliphatic carbocycles. The van der Waals surface area contributed by atoms with E-state index in [4.69, 9.17) is 0 Å². The number of rotatable bonds is 7. The summed E-state index contributed by atoms with van der Waals surface area (Å²) in [6.07, 6.45) is 1.92. The van der Waals surface area contributed by atoms with Crippen LogP contribution in [0, 0.1) is 13.8 Å². The van der Waals surface area contributed by atoms with Crippen LogP contribution >= 0.6 is 15.8 Å². The van der Waals surface area contributed by atoms with Crippen molar-refractivity contribution >= 4 is 47.7 Å². The van der Waals surface area contributed by atoms with E-state index in [1.807, 2.05) is 0 Å². The number of hydrogen-bond donors (Lipinski definition) is 0. The standard InChI is InChI=1S/2C18H15P.C4H8.Ni/c2*1-4-10-16(11-5-1)19(17-12-6-2-7-13-17)18-14-8-3-9-15-18;1-3-4-2;/h2*1-15H;1-4H2;/q;;-2;+2. The second-order valence-corrected chi connectivity index (χ2v) is 13.8. The van der Waals surface area contributed by atoms with E-state index in [0.717, 1.165) is 12.8 Å². The van der Waals surface area contributed by atoms with Crippen LogP contribution in [0.4, 0.5) is 0 Å². The molecule has 0 aromatic heterocycles. The van der Waals surface area contributed by atoms with Gasteiger partial charge in [-0.1, -0.05) is 182 Å². The first-order valence-corrected chi connectivity index (χ1v) is 17.0. The van der Waals surface area contributed by atoms with Crippen molar-refractivity contribution in [3.05, 3.63) is 196 Å². The molecule has 0 unspecified atom stereocenters. The Morgan fingerprint density at radius 1 is 0.279 bits per heavy atom. The molecule has 6 rings (SSSR count). The maximum atomic E-state index is 3.54. The summed E-state index contributed by atoms with van der Waals surface area (Å²) in [5, 5.41) is 8.39. The van der Waals surface area contributed by atoms with Gasteiger partial charge >= 0.3 is 16.5 Å². The van der Waals surface area contributed by atoms with Gasteiger partial charge in [-0.15, -0.1) is 0 Å². The molecule has 0 N–H and O–H groups in total. The van der Waals surface area contributed by atoms with Crippen LogP contribution < -0.4 is 31.8 Å². The van der Waals surface area contributed by atoms with Crippen molar-refractivity contribution in [1.82, 2.24) is 0 Å². The van der Waals surface area contributed by atoms with E-state index in [2.05, 4.69) is 196 Å². The molecule has 6 aromatic rings. The van der Waals surface area contributed by atoms with Crippen LogP contribution in [0.25, 0.3) is 0 Å². The zero-order valence-electron chi connectivity index (χ0n) is 24.4. The van der Waals surface area contributed by atoms with Crippen molar-refractivity contribution in [3.8, 4) is 0 Å². The fraction of sp³-hybridized carbons (Fsp3) is 0.0500. The maximum absolute atomic E-state index is 3.54. The monoisotopic (exact) mass is 638 g/mol. The third kappa shape index (κ3) is 10.7. The summed E-state index contributed by atoms with van der Waals surface area (Å²) < 4.78 is 0. The van der Waals surface area contributed by atoms with E-state index in [0.29, 0.717) is 0 Å². The van der Waals surface area contributed by atoms with Gasteiger partial charge < -0.3 is 13.8 Å². The second-order valence-electron chi connectivity index (χ2n) is 9.39. The fourth-order valence-electron chi connectivity index (χ4n) is 4.36. The summed E-state index contributed by atoms with van der Waals surface area (Å²) >= 11 is 0. The van der Waals surface area contributed by atoms with Gasteiger partial charge in [0, 0.05) is 0 Å². The Bertz CT molecular complexity index is 1200. The van der Waals surface area contributed by atoms with E-state index in [-0.39, 0.29) is 16.5 Å². The minimum absolute atomic E-state index is 0. The summed E-state index contributed by atoms with van der Waals surface area (Å²) in [5.74, 6) is 0. The minimum Gasteiger partial charge on any atom is -0.346 e. The summed E-state index contributed by atoms with van der Waals surface area (Å²) in [6, 6.07) is 64.7. The Balaban J connectivity index is 0.000000206. The summed E-state index contributed by atoms with van der Waals surface area (Å²) in [5.41, 5.74) is 0. The van der Waals surface area contributed by atoms with Gasteiger partial charge in [-0.05, 0) is 47.7 Å². The van der Waals surface area contributed by atoms with E-state index < -0.39 is 15.8 Å². The largest absolute Gasteiger partial charge is 2.00 e. The molecule has 218 valence electrons. The fourth-order valence-corrected chi connectivity index (χ4v) is 8.97. The van der Waals surface area contributed by atoms with Crippen LogP contribution in [0.3, 0.4) is 0 Å². The van der Waals surface area contributed by atoms with E-state index in [1.165, 1.54) is 31.8 Å². The zero-order valence-corrected chi connectivity index (χ0v) is 27.1. The normalized spacial score (nSPS) is 10.0. The van der Waals surface area contributed by atoms with Crippen molar-refractivity contribution in [2.24, 2.45) is 0 Å². The molecule has 0 aliphatic rings. The molecular formula is C40H38NiP2. The van der Waals surface area contributed by atoms with Crippen molar-refractivity contribution in [3.63, 3.8) is 0 Å². The predicted molar refractivity (Wildman–Crippen MR) is 190 cm³/mol. The van der Waals surface area contributed by atoms with Gasteiger partial charge in [-0.2, -0.15) is 0 Å². The molecule has 0 spiro atoms. The van der Waals surface area contributed by atoms with Crippen molar-refractivity contribution in [2.45, 2.75) is 12.8 Å². The number of hydrogen-bond acceptors (Lipinski definition) is 0. The molecule has 0 bridgehead atoms. The van der Waals surface area contributed by atoms with Crippen LogP contribution in [-0.4, -0.2) is 0 Å². The van der Waals surface area contributed by atoms with E-state index in [9.17, 15) is 0 Å². The summed E-state index contributed by atoms with van der Waals surface area (Å²) in [7, 11) is -0.892. The summed E-state index contributed by atoms with van der Waals surface area (Å²) in [4.78, 5) is 0. The van der Waals surface area contributed by atoms with Crippen molar-refractivity contribution in [1.29, 1.82) is 0 Å². The molecule has 6 aromatic carbocycles. The SMILES string of the molecule is [CH2-]CC[CH2-].[Ni+2].c1ccc(P(c2ccccc2)c2ccccc2)cc1.c1ccc(P(c2ccccc2)c2ccccc2)cc1. The molecule has 0 saturated carbocycles. The van der Waals surface area contributed by atoms with E-state index >= 15 is 0 Å². The van der Waals surface area contributed by atoms with Gasteiger partial charge in [0.15, 0.2) is 0 Å². The molecule has 0 heterocycles. The van der Waals surface area contributed by atoms with Crippen molar-refractivity contribution in [2.75, 3.05) is 0 Å². The predicted octanol–water partition coefficient (Wildman–Crippen LogP) is 8.32. The molecule has 0 amide bonds. The van der Waals surface area contributed by atoms with Gasteiger partial charge in [0.2, 0.25) is 0 Å². The van der Waals surface area contributed by atoms with Gasteiger partial charge in [0.25, 0.3) is 0 Å². The quantitative estimate of drug-likeness (QED) is 0.0937. The second kappa shape index (κ2) is 19.8. The first-order chi connectivity index (χ1) is 20.8. The molecule has 0 radical (unpaired) electrons. The Kier molecular flexibility index (Phi) is 15.7. The Morgan fingerprint density at radius 2 is 0.419 bits per heavy atom. The first kappa shape index (κ1) is 34.2. The van der Waals surface area contributed by atoms with E-state index in [1.54, 1.807) is 0 Å². The molecule has 0 nitrogen and oxygen atoms in total. The first-order valence-electron chi connectivity index (χ1n) is 14.3. The summed E-state index contributed by atoms with van der Waals surface area (Å²) in [6.45, 7) is 7.08. The Labute approximate surface area is 271 Å². The van der Waals surface area contributed by atoms with Gasteiger partial charge in [0.1, 0.15) is 0 Å². The Morgan fingerprint density at radius 3 is 0.535 bits per heavy atom. The van der Waals surface area contributed by atoms with Crippen LogP contribution in [0.15, 0.2) is 182 Å². The topological polar surface area (TPSA) is 0 Å². The zero-order chi connectivity index (χ0) is 29.2. The van der Waals surface area contributed by atoms with Crippen LogP contribution in [0.2, 0.25) is 0 Å². The average Bonchev–Trinajstić information content (AvgIpc) is 3.08. The molecule has 0 aliphatic heterocycles. The van der Waals surface area contributed by atoms with Crippen LogP contribution in [-0.2, 0) is 16.5 Å². The molecule has 0 atom stereocenters. The van der Waals surface area contributed by atoms with Gasteiger partial charge in [0.05, 0.1) is 0 Å². The average molecular weight is 639 g/mol. The number of benzene rings is 6. The van der Waals surface area contributed by atoms with Crippen LogP contribution in [0.5, 0.6) is 0 Å². The van der Waals surface area contributed by atoms with Crippen molar-refractivity contribution < 1.29 is 16.5 Å². The third-order valence-electron chi connectivity index (χ3n) is 6.34. The molecule has 3 heteroatoms. The molecular weight excluding hydrogens is 601 g/mol. The van der Waals surface area contributed by atoms with Gasteiger partial charge in [-0.25, -0.2) is 12.8 Å². The Hall–Kier alpha value is -3.33. The maximum Gasteiger partial charge on any atom is 2.00 e. The molecule has 43 heavy (non-hydrogen) atoms. The van der Waals surface area contributed by atoms with Crippen LogP contribution in [0.1, 0.15) is 12.8 Å². The van der Waals surface area contributed by atoms with Gasteiger partial charge in [-0.3, -0.25) is 0 Å². The molecule has 0 saturated heterocycles. The third-order valence-corrected chi connectivity index (χ3v) is 11.2. The molecule has 0 fully saturated rings.